The summed E-state index contributed by atoms with van der Waals surface area (Å²) in [7, 11) is 1.50. The van der Waals surface area contributed by atoms with E-state index in [0.29, 0.717) is 28.3 Å². The summed E-state index contributed by atoms with van der Waals surface area (Å²) >= 11 is 3.40. The van der Waals surface area contributed by atoms with E-state index in [4.69, 9.17) is 4.74 Å². The van der Waals surface area contributed by atoms with Crippen LogP contribution in [0.25, 0.3) is 0 Å². The quantitative estimate of drug-likeness (QED) is 0.464. The van der Waals surface area contributed by atoms with Crippen LogP contribution in [0.1, 0.15) is 18.5 Å². The lowest BCUT2D eigenvalue weighted by Crippen LogP contribution is -2.46. The van der Waals surface area contributed by atoms with E-state index in [1.807, 2.05) is 0 Å². The van der Waals surface area contributed by atoms with Crippen molar-refractivity contribution in [1.29, 1.82) is 0 Å². The van der Waals surface area contributed by atoms with E-state index in [9.17, 15) is 19.7 Å². The summed E-state index contributed by atoms with van der Waals surface area (Å²) in [4.78, 5) is 35.4. The van der Waals surface area contributed by atoms with E-state index in [0.717, 1.165) is 4.47 Å². The van der Waals surface area contributed by atoms with Gasteiger partial charge in [-0.05, 0) is 37.3 Å². The summed E-state index contributed by atoms with van der Waals surface area (Å²) < 4.78 is 6.15. The maximum absolute atomic E-state index is 13.0. The predicted octanol–water partition coefficient (Wildman–Crippen LogP) is 3.63. The molecule has 2 aromatic rings. The highest BCUT2D eigenvalue weighted by molar-refractivity contribution is 9.10. The Kier molecular flexibility index (Phi) is 5.83. The average molecular weight is 461 g/mol. The summed E-state index contributed by atoms with van der Waals surface area (Å²) in [5.41, 5.74) is 1.59. The number of nitro groups is 1. The smallest absolute Gasteiger partial charge is 0.319 e. The molecule has 1 unspecified atom stereocenters. The molecule has 9 nitrogen and oxygen atoms in total. The highest BCUT2D eigenvalue weighted by atomic mass is 79.9. The predicted molar refractivity (Wildman–Crippen MR) is 110 cm³/mol. The van der Waals surface area contributed by atoms with E-state index < -0.39 is 22.9 Å². The highest BCUT2D eigenvalue weighted by Crippen LogP contribution is 2.35. The molecular formula is C19H17BrN4O5. The van der Waals surface area contributed by atoms with Crippen molar-refractivity contribution < 1.29 is 19.2 Å². The van der Waals surface area contributed by atoms with Crippen molar-refractivity contribution in [3.63, 3.8) is 0 Å². The number of amides is 3. The molecule has 2 aromatic carbocycles. The average Bonchev–Trinajstić information content (AvgIpc) is 2.67. The second-order valence-corrected chi connectivity index (χ2v) is 7.13. The van der Waals surface area contributed by atoms with Crippen molar-refractivity contribution in [3.8, 4) is 5.75 Å². The molecule has 1 aliphatic heterocycles. The molecule has 10 heteroatoms. The zero-order valence-electron chi connectivity index (χ0n) is 15.5. The third-order valence-electron chi connectivity index (χ3n) is 4.35. The Bertz CT molecular complexity index is 1020. The summed E-state index contributed by atoms with van der Waals surface area (Å²) in [5, 5.41) is 18.8. The molecule has 150 valence electrons. The molecule has 1 aliphatic rings. The van der Waals surface area contributed by atoms with Crippen LogP contribution in [0.15, 0.2) is 58.2 Å². The van der Waals surface area contributed by atoms with Gasteiger partial charge in [-0.25, -0.2) is 4.79 Å². The number of hydrogen-bond donors (Lipinski definition) is 3. The van der Waals surface area contributed by atoms with Crippen LogP contribution in [-0.4, -0.2) is 24.0 Å². The van der Waals surface area contributed by atoms with Crippen molar-refractivity contribution in [3.05, 3.63) is 73.9 Å². The molecule has 0 aromatic heterocycles. The number of rotatable bonds is 5. The van der Waals surface area contributed by atoms with E-state index in [-0.39, 0.29) is 5.69 Å². The van der Waals surface area contributed by atoms with Gasteiger partial charge in [-0.1, -0.05) is 15.9 Å². The fourth-order valence-electron chi connectivity index (χ4n) is 3.02. The minimum Gasteiger partial charge on any atom is -0.496 e. The van der Waals surface area contributed by atoms with Crippen LogP contribution in [-0.2, 0) is 4.79 Å². The van der Waals surface area contributed by atoms with Gasteiger partial charge in [-0.3, -0.25) is 14.9 Å². The summed E-state index contributed by atoms with van der Waals surface area (Å²) in [6.07, 6.45) is 0. The lowest BCUT2D eigenvalue weighted by Gasteiger charge is -2.29. The standard InChI is InChI=1S/C19H17BrN4O5/c1-10-16(18(25)22-12-4-6-13(7-5-12)24(27)28)17(23-19(26)21-10)14-9-11(20)3-8-15(14)29-2/h3-9,17H,1-2H3,(H,22,25)(H2,21,23,26). The molecule has 0 radical (unpaired) electrons. The van der Waals surface area contributed by atoms with Crippen LogP contribution in [0.5, 0.6) is 5.75 Å². The van der Waals surface area contributed by atoms with Gasteiger partial charge in [0, 0.05) is 33.6 Å². The Balaban J connectivity index is 1.96. The normalized spacial score (nSPS) is 16.0. The summed E-state index contributed by atoms with van der Waals surface area (Å²) in [5.74, 6) is 0.0460. The van der Waals surface area contributed by atoms with Crippen LogP contribution >= 0.6 is 15.9 Å². The van der Waals surface area contributed by atoms with E-state index in [1.165, 1.54) is 31.4 Å². The number of methoxy groups -OCH3 is 1. The number of halogens is 1. The second-order valence-electron chi connectivity index (χ2n) is 6.21. The largest absolute Gasteiger partial charge is 0.496 e. The zero-order valence-corrected chi connectivity index (χ0v) is 17.1. The first-order chi connectivity index (χ1) is 13.8. The molecule has 1 atom stereocenters. The van der Waals surface area contributed by atoms with E-state index in [1.54, 1.807) is 25.1 Å². The lowest BCUT2D eigenvalue weighted by molar-refractivity contribution is -0.384. The minimum atomic E-state index is -0.755. The first kappa shape index (κ1) is 20.3. The molecule has 1 heterocycles. The second kappa shape index (κ2) is 8.31. The van der Waals surface area contributed by atoms with Crippen molar-refractivity contribution in [1.82, 2.24) is 10.6 Å². The Morgan fingerprint density at radius 1 is 1.24 bits per heavy atom. The fourth-order valence-corrected chi connectivity index (χ4v) is 3.40. The molecule has 3 N–H and O–H groups in total. The van der Waals surface area contributed by atoms with E-state index >= 15 is 0 Å². The van der Waals surface area contributed by atoms with Gasteiger partial charge < -0.3 is 20.7 Å². The number of ether oxygens (including phenoxy) is 1. The topological polar surface area (TPSA) is 123 Å². The molecule has 0 saturated carbocycles. The van der Waals surface area contributed by atoms with Gasteiger partial charge in [0.15, 0.2) is 0 Å². The van der Waals surface area contributed by atoms with Crippen molar-refractivity contribution in [2.45, 2.75) is 13.0 Å². The van der Waals surface area contributed by atoms with Crippen LogP contribution in [0, 0.1) is 10.1 Å². The molecule has 3 amide bonds. The molecule has 0 fully saturated rings. The number of nitrogens with one attached hydrogen (secondary N) is 3. The monoisotopic (exact) mass is 460 g/mol. The fraction of sp³-hybridized carbons (Fsp3) is 0.158. The number of urea groups is 1. The maximum Gasteiger partial charge on any atom is 0.319 e. The van der Waals surface area contributed by atoms with Gasteiger partial charge in [-0.15, -0.1) is 0 Å². The number of non-ortho nitro benzene ring substituents is 1. The number of allylic oxidation sites excluding steroid dienone is 1. The molecule has 0 spiro atoms. The van der Waals surface area contributed by atoms with Crippen LogP contribution in [0.3, 0.4) is 0 Å². The number of anilines is 1. The summed E-state index contributed by atoms with van der Waals surface area (Å²) in [6, 6.07) is 9.56. The third-order valence-corrected chi connectivity index (χ3v) is 4.85. The van der Waals surface area contributed by atoms with Gasteiger partial charge in [0.05, 0.1) is 23.6 Å². The van der Waals surface area contributed by atoms with Crippen LogP contribution in [0.4, 0.5) is 16.2 Å². The SMILES string of the molecule is COc1ccc(Br)cc1C1NC(=O)NC(C)=C1C(=O)Nc1ccc([N+](=O)[O-])cc1. The third kappa shape index (κ3) is 4.37. The van der Waals surface area contributed by atoms with Crippen molar-refractivity contribution in [2.75, 3.05) is 12.4 Å². The number of carbonyl (C=O) groups is 2. The van der Waals surface area contributed by atoms with Crippen molar-refractivity contribution >= 4 is 39.2 Å². The zero-order chi connectivity index (χ0) is 21.1. The molecule has 3 rings (SSSR count). The van der Waals surface area contributed by atoms with Gasteiger partial charge in [0.1, 0.15) is 5.75 Å². The Morgan fingerprint density at radius 3 is 2.55 bits per heavy atom. The van der Waals surface area contributed by atoms with Gasteiger partial charge in [0.25, 0.3) is 11.6 Å². The Hall–Kier alpha value is -3.40. The number of nitro benzene ring substituents is 1. The summed E-state index contributed by atoms with van der Waals surface area (Å²) in [6.45, 7) is 1.63. The molecular weight excluding hydrogens is 444 g/mol. The molecule has 0 saturated heterocycles. The number of benzene rings is 2. The Morgan fingerprint density at radius 2 is 1.93 bits per heavy atom. The minimum absolute atomic E-state index is 0.0817. The number of nitrogens with zero attached hydrogens (tertiary/aromatic N) is 1. The van der Waals surface area contributed by atoms with Crippen LogP contribution in [0.2, 0.25) is 0 Å². The molecule has 0 aliphatic carbocycles. The van der Waals surface area contributed by atoms with E-state index in [2.05, 4.69) is 31.9 Å². The first-order valence-electron chi connectivity index (χ1n) is 8.47. The van der Waals surface area contributed by atoms with Gasteiger partial charge in [-0.2, -0.15) is 0 Å². The number of hydrogen-bond acceptors (Lipinski definition) is 5. The number of carbonyl (C=O) groups excluding carboxylic acids is 2. The lowest BCUT2D eigenvalue weighted by atomic mass is 9.94. The van der Waals surface area contributed by atoms with Crippen molar-refractivity contribution in [2.24, 2.45) is 0 Å². The first-order valence-corrected chi connectivity index (χ1v) is 9.27. The maximum atomic E-state index is 13.0. The molecule has 29 heavy (non-hydrogen) atoms. The van der Waals surface area contributed by atoms with Gasteiger partial charge >= 0.3 is 6.03 Å². The Labute approximate surface area is 174 Å². The molecule has 0 bridgehead atoms. The van der Waals surface area contributed by atoms with Crippen LogP contribution < -0.4 is 20.7 Å². The highest BCUT2D eigenvalue weighted by Gasteiger charge is 2.33. The van der Waals surface area contributed by atoms with Gasteiger partial charge in [0.2, 0.25) is 0 Å².